The zero-order valence-corrected chi connectivity index (χ0v) is 12.5. The molecule has 2 aromatic carbocycles. The second-order valence-corrected chi connectivity index (χ2v) is 5.32. The molecular weight excluding hydrogens is 330 g/mol. The number of benzene rings is 2. The molecule has 0 saturated carbocycles. The standard InChI is InChI=1S/C16H10BrN3O/c17-11-3-5-14(10(8-11)9-18)21-15-6-4-13(19)12-2-1-7-20-16(12)15/h1-8H,19H2. The van der Waals surface area contributed by atoms with Gasteiger partial charge in [0.05, 0.1) is 5.56 Å². The minimum Gasteiger partial charge on any atom is -0.454 e. The van der Waals surface area contributed by atoms with E-state index in [1.807, 2.05) is 18.2 Å². The number of nitrogens with zero attached hydrogens (tertiary/aromatic N) is 2. The number of hydrogen-bond donors (Lipinski definition) is 1. The molecule has 0 atom stereocenters. The van der Waals surface area contributed by atoms with Gasteiger partial charge in [0, 0.05) is 21.7 Å². The second kappa shape index (κ2) is 5.43. The van der Waals surface area contributed by atoms with Crippen molar-refractivity contribution in [3.05, 3.63) is 58.7 Å². The van der Waals surface area contributed by atoms with Crippen molar-refractivity contribution in [1.82, 2.24) is 4.98 Å². The van der Waals surface area contributed by atoms with Gasteiger partial charge in [-0.15, -0.1) is 0 Å². The molecule has 0 unspecified atom stereocenters. The molecule has 0 aliphatic heterocycles. The third kappa shape index (κ3) is 2.54. The SMILES string of the molecule is N#Cc1cc(Br)ccc1Oc1ccc(N)c2cccnc12. The highest BCUT2D eigenvalue weighted by Gasteiger charge is 2.10. The third-order valence-corrected chi connectivity index (χ3v) is 3.54. The number of rotatable bonds is 2. The summed E-state index contributed by atoms with van der Waals surface area (Å²) >= 11 is 3.34. The fraction of sp³-hybridized carbons (Fsp3) is 0. The average Bonchev–Trinajstić information content (AvgIpc) is 2.52. The summed E-state index contributed by atoms with van der Waals surface area (Å²) in [5, 5.41) is 10.0. The highest BCUT2D eigenvalue weighted by Crippen LogP contribution is 2.33. The van der Waals surface area contributed by atoms with Crippen LogP contribution in [-0.2, 0) is 0 Å². The maximum absolute atomic E-state index is 9.19. The molecule has 0 amide bonds. The average molecular weight is 340 g/mol. The van der Waals surface area contributed by atoms with Crippen LogP contribution in [0.25, 0.3) is 10.9 Å². The first-order valence-electron chi connectivity index (χ1n) is 6.20. The van der Waals surface area contributed by atoms with Gasteiger partial charge in [-0.3, -0.25) is 4.98 Å². The molecule has 0 aliphatic rings. The molecule has 0 spiro atoms. The Labute approximate surface area is 129 Å². The van der Waals surface area contributed by atoms with Crippen LogP contribution >= 0.6 is 15.9 Å². The van der Waals surface area contributed by atoms with Gasteiger partial charge in [-0.05, 0) is 42.5 Å². The van der Waals surface area contributed by atoms with Crippen molar-refractivity contribution in [3.8, 4) is 17.6 Å². The summed E-state index contributed by atoms with van der Waals surface area (Å²) in [6, 6.07) is 14.6. The number of aromatic nitrogens is 1. The summed E-state index contributed by atoms with van der Waals surface area (Å²) < 4.78 is 6.69. The molecule has 0 fully saturated rings. The Bertz CT molecular complexity index is 871. The van der Waals surface area contributed by atoms with Crippen molar-refractivity contribution in [2.24, 2.45) is 0 Å². The molecule has 3 rings (SSSR count). The van der Waals surface area contributed by atoms with Gasteiger partial charge < -0.3 is 10.5 Å². The van der Waals surface area contributed by atoms with Gasteiger partial charge in [-0.2, -0.15) is 5.26 Å². The molecule has 3 aromatic rings. The molecule has 0 aliphatic carbocycles. The topological polar surface area (TPSA) is 71.9 Å². The summed E-state index contributed by atoms with van der Waals surface area (Å²) in [6.45, 7) is 0. The zero-order valence-electron chi connectivity index (χ0n) is 10.9. The smallest absolute Gasteiger partial charge is 0.153 e. The lowest BCUT2D eigenvalue weighted by Crippen LogP contribution is -1.93. The molecule has 0 bridgehead atoms. The predicted octanol–water partition coefficient (Wildman–Crippen LogP) is 4.24. The van der Waals surface area contributed by atoms with E-state index in [2.05, 4.69) is 27.0 Å². The Morgan fingerprint density at radius 1 is 1.14 bits per heavy atom. The van der Waals surface area contributed by atoms with Crippen LogP contribution in [0.3, 0.4) is 0 Å². The second-order valence-electron chi connectivity index (χ2n) is 4.41. The van der Waals surface area contributed by atoms with E-state index in [0.717, 1.165) is 9.86 Å². The summed E-state index contributed by atoms with van der Waals surface area (Å²) in [7, 11) is 0. The van der Waals surface area contributed by atoms with Crippen LogP contribution < -0.4 is 10.5 Å². The van der Waals surface area contributed by atoms with E-state index in [0.29, 0.717) is 28.3 Å². The first-order valence-corrected chi connectivity index (χ1v) is 6.99. The molecule has 1 aromatic heterocycles. The first-order chi connectivity index (χ1) is 10.2. The van der Waals surface area contributed by atoms with Gasteiger partial charge in [0.25, 0.3) is 0 Å². The van der Waals surface area contributed by atoms with Crippen LogP contribution in [0.15, 0.2) is 53.1 Å². The Morgan fingerprint density at radius 2 is 1.95 bits per heavy atom. The molecule has 1 heterocycles. The molecule has 4 nitrogen and oxygen atoms in total. The van der Waals surface area contributed by atoms with E-state index in [1.54, 1.807) is 30.5 Å². The van der Waals surface area contributed by atoms with E-state index < -0.39 is 0 Å². The maximum atomic E-state index is 9.19. The number of hydrogen-bond acceptors (Lipinski definition) is 4. The molecule has 0 radical (unpaired) electrons. The zero-order chi connectivity index (χ0) is 14.8. The Kier molecular flexibility index (Phi) is 3.46. The van der Waals surface area contributed by atoms with Crippen LogP contribution in [0.1, 0.15) is 5.56 Å². The van der Waals surface area contributed by atoms with Gasteiger partial charge in [0.1, 0.15) is 17.3 Å². The lowest BCUT2D eigenvalue weighted by molar-refractivity contribution is 0.485. The van der Waals surface area contributed by atoms with Crippen molar-refractivity contribution in [2.45, 2.75) is 0 Å². The van der Waals surface area contributed by atoms with Crippen molar-refractivity contribution in [3.63, 3.8) is 0 Å². The van der Waals surface area contributed by atoms with Crippen LogP contribution in [0.5, 0.6) is 11.5 Å². The maximum Gasteiger partial charge on any atom is 0.153 e. The van der Waals surface area contributed by atoms with Crippen LogP contribution in [0.2, 0.25) is 0 Å². The Hall–Kier alpha value is -2.58. The number of anilines is 1. The quantitative estimate of drug-likeness (QED) is 0.708. The summed E-state index contributed by atoms with van der Waals surface area (Å²) in [5.41, 5.74) is 7.70. The van der Waals surface area contributed by atoms with Gasteiger partial charge in [-0.25, -0.2) is 0 Å². The highest BCUT2D eigenvalue weighted by atomic mass is 79.9. The minimum absolute atomic E-state index is 0.449. The van der Waals surface area contributed by atoms with Crippen molar-refractivity contribution < 1.29 is 4.74 Å². The number of fused-ring (bicyclic) bond motifs is 1. The monoisotopic (exact) mass is 339 g/mol. The third-order valence-electron chi connectivity index (χ3n) is 3.05. The minimum atomic E-state index is 0.449. The molecule has 21 heavy (non-hydrogen) atoms. The molecule has 102 valence electrons. The molecule has 5 heteroatoms. The van der Waals surface area contributed by atoms with Crippen LogP contribution in [0.4, 0.5) is 5.69 Å². The van der Waals surface area contributed by atoms with Gasteiger partial charge in [-0.1, -0.05) is 15.9 Å². The largest absolute Gasteiger partial charge is 0.454 e. The van der Waals surface area contributed by atoms with E-state index in [-0.39, 0.29) is 0 Å². The Balaban J connectivity index is 2.11. The van der Waals surface area contributed by atoms with Crippen LogP contribution in [-0.4, -0.2) is 4.98 Å². The van der Waals surface area contributed by atoms with E-state index in [4.69, 9.17) is 10.5 Å². The number of halogens is 1. The predicted molar refractivity (Wildman–Crippen MR) is 85.1 cm³/mol. The lowest BCUT2D eigenvalue weighted by Gasteiger charge is -2.11. The Morgan fingerprint density at radius 3 is 2.76 bits per heavy atom. The molecule has 2 N–H and O–H groups in total. The number of pyridine rings is 1. The molecule has 0 saturated heterocycles. The summed E-state index contributed by atoms with van der Waals surface area (Å²) in [4.78, 5) is 4.31. The van der Waals surface area contributed by atoms with Crippen molar-refractivity contribution in [1.29, 1.82) is 5.26 Å². The fourth-order valence-corrected chi connectivity index (χ4v) is 2.41. The number of ether oxygens (including phenoxy) is 1. The normalized spacial score (nSPS) is 10.3. The first kappa shape index (κ1) is 13.4. The fourth-order valence-electron chi connectivity index (χ4n) is 2.05. The summed E-state index contributed by atoms with van der Waals surface area (Å²) in [5.74, 6) is 1.05. The lowest BCUT2D eigenvalue weighted by atomic mass is 10.1. The van der Waals surface area contributed by atoms with E-state index in [1.165, 1.54) is 0 Å². The molecular formula is C16H10BrN3O. The van der Waals surface area contributed by atoms with Crippen LogP contribution in [0, 0.1) is 11.3 Å². The van der Waals surface area contributed by atoms with Gasteiger partial charge in [0.2, 0.25) is 0 Å². The van der Waals surface area contributed by atoms with Crippen molar-refractivity contribution in [2.75, 3.05) is 5.73 Å². The number of nitriles is 1. The van der Waals surface area contributed by atoms with Gasteiger partial charge in [0.15, 0.2) is 5.75 Å². The van der Waals surface area contributed by atoms with E-state index >= 15 is 0 Å². The van der Waals surface area contributed by atoms with Crippen molar-refractivity contribution >= 4 is 32.5 Å². The highest BCUT2D eigenvalue weighted by molar-refractivity contribution is 9.10. The van der Waals surface area contributed by atoms with E-state index in [9.17, 15) is 5.26 Å². The number of nitrogen functional groups attached to an aromatic ring is 1. The number of nitrogens with two attached hydrogens (primary N) is 1. The van der Waals surface area contributed by atoms with Gasteiger partial charge >= 0.3 is 0 Å². The summed E-state index contributed by atoms with van der Waals surface area (Å²) in [6.07, 6.45) is 1.68.